The van der Waals surface area contributed by atoms with Gasteiger partial charge in [0.05, 0.1) is 12.0 Å². The molecule has 1 aliphatic rings. The summed E-state index contributed by atoms with van der Waals surface area (Å²) in [5.41, 5.74) is 1.34. The van der Waals surface area contributed by atoms with E-state index in [1.54, 1.807) is 6.92 Å². The number of carbonyl (C=O) groups is 1. The van der Waals surface area contributed by atoms with E-state index in [4.69, 9.17) is 9.47 Å². The third-order valence-electron chi connectivity index (χ3n) is 4.67. The van der Waals surface area contributed by atoms with Gasteiger partial charge in [-0.2, -0.15) is 0 Å². The number of hydrogen-bond acceptors (Lipinski definition) is 4. The number of rotatable bonds is 7. The Hall–Kier alpha value is -2.33. The van der Waals surface area contributed by atoms with E-state index in [-0.39, 0.29) is 18.5 Å². The van der Waals surface area contributed by atoms with Gasteiger partial charge in [-0.1, -0.05) is 48.5 Å². The van der Waals surface area contributed by atoms with Crippen molar-refractivity contribution in [2.24, 2.45) is 0 Å². The lowest BCUT2D eigenvalue weighted by molar-refractivity contribution is -0.168. The highest BCUT2D eigenvalue weighted by molar-refractivity contribution is 5.71. The molecule has 26 heavy (non-hydrogen) atoms. The molecule has 1 N–H and O–H groups in total. The molecule has 2 unspecified atom stereocenters. The van der Waals surface area contributed by atoms with Crippen LogP contribution in [-0.2, 0) is 22.6 Å². The van der Waals surface area contributed by atoms with Crippen molar-refractivity contribution in [2.75, 3.05) is 0 Å². The molecule has 1 aliphatic heterocycles. The van der Waals surface area contributed by atoms with Crippen molar-refractivity contribution in [3.05, 3.63) is 65.7 Å². The van der Waals surface area contributed by atoms with Gasteiger partial charge < -0.3 is 14.6 Å². The van der Waals surface area contributed by atoms with Crippen LogP contribution in [0.5, 0.6) is 5.75 Å². The Morgan fingerprint density at radius 1 is 1.15 bits per heavy atom. The predicted molar refractivity (Wildman–Crippen MR) is 99.9 cm³/mol. The number of cyclic esters (lactones) is 1. The third-order valence-corrected chi connectivity index (χ3v) is 4.67. The van der Waals surface area contributed by atoms with Crippen molar-refractivity contribution in [3.63, 3.8) is 0 Å². The van der Waals surface area contributed by atoms with Gasteiger partial charge in [-0.3, -0.25) is 4.79 Å². The van der Waals surface area contributed by atoms with Gasteiger partial charge in [-0.15, -0.1) is 0 Å². The van der Waals surface area contributed by atoms with Gasteiger partial charge in [0.25, 0.3) is 0 Å². The lowest BCUT2D eigenvalue weighted by atomic mass is 9.90. The second-order valence-electron chi connectivity index (χ2n) is 7.26. The minimum Gasteiger partial charge on any atom is -0.489 e. The number of ether oxygens (including phenoxy) is 2. The van der Waals surface area contributed by atoms with Crippen LogP contribution >= 0.6 is 0 Å². The summed E-state index contributed by atoms with van der Waals surface area (Å²) in [6, 6.07) is 18.1. The molecule has 1 saturated heterocycles. The van der Waals surface area contributed by atoms with E-state index in [0.717, 1.165) is 36.1 Å². The second-order valence-corrected chi connectivity index (χ2v) is 7.26. The van der Waals surface area contributed by atoms with Crippen LogP contribution in [0.25, 0.3) is 0 Å². The van der Waals surface area contributed by atoms with Crippen LogP contribution < -0.4 is 4.74 Å². The highest BCUT2D eigenvalue weighted by atomic mass is 16.5. The van der Waals surface area contributed by atoms with Gasteiger partial charge in [0.15, 0.2) is 0 Å². The van der Waals surface area contributed by atoms with Gasteiger partial charge >= 0.3 is 5.97 Å². The summed E-state index contributed by atoms with van der Waals surface area (Å²) in [6.07, 6.45) is 2.85. The van der Waals surface area contributed by atoms with Crippen molar-refractivity contribution in [3.8, 4) is 5.75 Å². The fourth-order valence-electron chi connectivity index (χ4n) is 3.41. The van der Waals surface area contributed by atoms with Crippen molar-refractivity contribution in [2.45, 2.75) is 57.3 Å². The number of hydrogen-bond donors (Lipinski definition) is 1. The van der Waals surface area contributed by atoms with Crippen molar-refractivity contribution in [1.29, 1.82) is 0 Å². The van der Waals surface area contributed by atoms with Crippen LogP contribution in [0.4, 0.5) is 0 Å². The standard InChI is InChI=1S/C22H26O4/c1-22(24)14-19(26-21(23)15-22)12-7-11-18-10-5-6-13-20(18)25-16-17-8-3-2-4-9-17/h2-6,8-10,13,19,24H,7,11-12,14-16H2,1H3. The zero-order valence-corrected chi connectivity index (χ0v) is 15.2. The van der Waals surface area contributed by atoms with Crippen molar-refractivity contribution in [1.82, 2.24) is 0 Å². The first-order valence-electron chi connectivity index (χ1n) is 9.18. The lowest BCUT2D eigenvalue weighted by Crippen LogP contribution is -2.40. The molecule has 4 nitrogen and oxygen atoms in total. The molecule has 0 spiro atoms. The van der Waals surface area contributed by atoms with E-state index in [9.17, 15) is 9.90 Å². The van der Waals surface area contributed by atoms with Gasteiger partial charge in [0.2, 0.25) is 0 Å². The van der Waals surface area contributed by atoms with E-state index in [0.29, 0.717) is 13.0 Å². The molecule has 1 heterocycles. The molecule has 138 valence electrons. The van der Waals surface area contributed by atoms with Gasteiger partial charge in [-0.25, -0.2) is 0 Å². The fraction of sp³-hybridized carbons (Fsp3) is 0.409. The number of benzene rings is 2. The Morgan fingerprint density at radius 3 is 2.65 bits per heavy atom. The third kappa shape index (κ3) is 5.33. The number of carbonyl (C=O) groups excluding carboxylic acids is 1. The number of esters is 1. The fourth-order valence-corrected chi connectivity index (χ4v) is 3.41. The first-order chi connectivity index (χ1) is 12.5. The number of para-hydroxylation sites is 1. The molecule has 2 atom stereocenters. The smallest absolute Gasteiger partial charge is 0.308 e. The maximum absolute atomic E-state index is 11.6. The van der Waals surface area contributed by atoms with Crippen LogP contribution in [0, 0.1) is 0 Å². The Kier molecular flexibility index (Phi) is 5.94. The summed E-state index contributed by atoms with van der Waals surface area (Å²) in [7, 11) is 0. The van der Waals surface area contributed by atoms with E-state index in [2.05, 4.69) is 6.07 Å². The molecule has 0 amide bonds. The van der Waals surface area contributed by atoms with E-state index in [1.807, 2.05) is 48.5 Å². The summed E-state index contributed by atoms with van der Waals surface area (Å²) < 4.78 is 11.4. The van der Waals surface area contributed by atoms with Gasteiger partial charge in [0, 0.05) is 6.42 Å². The summed E-state index contributed by atoms with van der Waals surface area (Å²) in [5, 5.41) is 10.1. The molecule has 1 fully saturated rings. The Bertz CT molecular complexity index is 724. The minimum absolute atomic E-state index is 0.0830. The quantitative estimate of drug-likeness (QED) is 0.762. The predicted octanol–water partition coefficient (Wildman–Crippen LogP) is 4.04. The molecule has 0 aliphatic carbocycles. The molecular formula is C22H26O4. The largest absolute Gasteiger partial charge is 0.489 e. The lowest BCUT2D eigenvalue weighted by Gasteiger charge is -2.33. The highest BCUT2D eigenvalue weighted by Crippen LogP contribution is 2.28. The molecular weight excluding hydrogens is 328 g/mol. The topological polar surface area (TPSA) is 55.8 Å². The van der Waals surface area contributed by atoms with E-state index >= 15 is 0 Å². The van der Waals surface area contributed by atoms with Crippen LogP contribution in [0.2, 0.25) is 0 Å². The molecule has 2 aromatic carbocycles. The van der Waals surface area contributed by atoms with Gasteiger partial charge in [0.1, 0.15) is 18.5 Å². The molecule has 0 radical (unpaired) electrons. The van der Waals surface area contributed by atoms with Crippen LogP contribution in [0.1, 0.15) is 43.7 Å². The average molecular weight is 354 g/mol. The summed E-state index contributed by atoms with van der Waals surface area (Å²) in [6.45, 7) is 2.24. The SMILES string of the molecule is CC1(O)CC(=O)OC(CCCc2ccccc2OCc2ccccc2)C1. The molecule has 0 saturated carbocycles. The first-order valence-corrected chi connectivity index (χ1v) is 9.18. The summed E-state index contributed by atoms with van der Waals surface area (Å²) in [4.78, 5) is 11.6. The zero-order chi connectivity index (χ0) is 18.4. The van der Waals surface area contributed by atoms with Gasteiger partial charge in [-0.05, 0) is 43.4 Å². The van der Waals surface area contributed by atoms with Crippen molar-refractivity contribution >= 4 is 5.97 Å². The first kappa shape index (κ1) is 18.5. The van der Waals surface area contributed by atoms with Crippen molar-refractivity contribution < 1.29 is 19.4 Å². The molecule has 3 rings (SSSR count). The maximum Gasteiger partial charge on any atom is 0.308 e. The zero-order valence-electron chi connectivity index (χ0n) is 15.2. The van der Waals surface area contributed by atoms with E-state index in [1.165, 1.54) is 0 Å². The Labute approximate surface area is 154 Å². The highest BCUT2D eigenvalue weighted by Gasteiger charge is 2.35. The molecule has 4 heteroatoms. The number of aryl methyl sites for hydroxylation is 1. The molecule has 2 aromatic rings. The Morgan fingerprint density at radius 2 is 1.88 bits per heavy atom. The van der Waals surface area contributed by atoms with Crippen LogP contribution in [0.15, 0.2) is 54.6 Å². The van der Waals surface area contributed by atoms with Crippen LogP contribution in [0.3, 0.4) is 0 Å². The average Bonchev–Trinajstić information content (AvgIpc) is 2.60. The Balaban J connectivity index is 1.53. The summed E-state index contributed by atoms with van der Waals surface area (Å²) >= 11 is 0. The maximum atomic E-state index is 11.6. The summed E-state index contributed by atoms with van der Waals surface area (Å²) in [5.74, 6) is 0.585. The second kappa shape index (κ2) is 8.37. The normalized spacial score (nSPS) is 22.7. The molecule has 0 bridgehead atoms. The molecule has 0 aromatic heterocycles. The van der Waals surface area contributed by atoms with E-state index < -0.39 is 5.60 Å². The minimum atomic E-state index is -0.948. The monoisotopic (exact) mass is 354 g/mol. The number of aliphatic hydroxyl groups is 1. The van der Waals surface area contributed by atoms with Crippen LogP contribution in [-0.4, -0.2) is 22.8 Å².